The van der Waals surface area contributed by atoms with Crippen molar-refractivity contribution in [3.8, 4) is 5.75 Å². The van der Waals surface area contributed by atoms with Crippen LogP contribution in [0.25, 0.3) is 0 Å². The number of hydrogen-bond donors (Lipinski definition) is 1. The number of amides is 1. The molecule has 0 radical (unpaired) electrons. The predicted molar refractivity (Wildman–Crippen MR) is 102 cm³/mol. The van der Waals surface area contributed by atoms with E-state index in [2.05, 4.69) is 26.1 Å². The van der Waals surface area contributed by atoms with Crippen LogP contribution >= 0.6 is 0 Å². The number of nitrogens with one attached hydrogen (secondary N) is 1. The van der Waals surface area contributed by atoms with Crippen molar-refractivity contribution in [2.75, 3.05) is 12.4 Å². The lowest BCUT2D eigenvalue weighted by atomic mass is 9.72. The minimum absolute atomic E-state index is 0.00532. The second-order valence-corrected chi connectivity index (χ2v) is 8.11. The molecule has 2 rings (SSSR count). The normalized spacial score (nSPS) is 20.3. The van der Waals surface area contributed by atoms with Crippen LogP contribution in [0.4, 0.5) is 5.69 Å². The van der Waals surface area contributed by atoms with Gasteiger partial charge < -0.3 is 14.8 Å². The summed E-state index contributed by atoms with van der Waals surface area (Å²) in [5.41, 5.74) is 0.999. The molecule has 0 unspecified atom stereocenters. The fourth-order valence-electron chi connectivity index (χ4n) is 3.40. The number of benzene rings is 1. The van der Waals surface area contributed by atoms with Gasteiger partial charge in [0.1, 0.15) is 11.9 Å². The molecule has 0 bridgehead atoms. The van der Waals surface area contributed by atoms with E-state index >= 15 is 0 Å². The van der Waals surface area contributed by atoms with Gasteiger partial charge in [-0.2, -0.15) is 0 Å². The molecule has 1 fully saturated rings. The first kappa shape index (κ1) is 20.3. The van der Waals surface area contributed by atoms with Gasteiger partial charge in [-0.1, -0.05) is 20.8 Å². The molecule has 1 amide bonds. The number of esters is 1. The average Bonchev–Trinajstić information content (AvgIpc) is 2.60. The van der Waals surface area contributed by atoms with Crippen LogP contribution in [0.15, 0.2) is 24.3 Å². The third kappa shape index (κ3) is 6.36. The lowest BCUT2D eigenvalue weighted by Crippen LogP contribution is -2.30. The minimum atomic E-state index is -0.283. The highest BCUT2D eigenvalue weighted by molar-refractivity contribution is 5.92. The number of ether oxygens (including phenoxy) is 2. The van der Waals surface area contributed by atoms with Gasteiger partial charge in [-0.05, 0) is 61.3 Å². The Kier molecular flexibility index (Phi) is 7.06. The zero-order valence-corrected chi connectivity index (χ0v) is 16.3. The summed E-state index contributed by atoms with van der Waals surface area (Å²) in [6.45, 7) is 6.81. The van der Waals surface area contributed by atoms with Crippen molar-refractivity contribution in [3.05, 3.63) is 24.3 Å². The zero-order valence-electron chi connectivity index (χ0n) is 16.3. The lowest BCUT2D eigenvalue weighted by molar-refractivity contribution is -0.152. The highest BCUT2D eigenvalue weighted by Gasteiger charge is 2.31. The maximum Gasteiger partial charge on any atom is 0.306 e. The molecule has 144 valence electrons. The van der Waals surface area contributed by atoms with E-state index < -0.39 is 0 Å². The van der Waals surface area contributed by atoms with Crippen LogP contribution in [0.2, 0.25) is 0 Å². The summed E-state index contributed by atoms with van der Waals surface area (Å²) in [6, 6.07) is 7.08. The lowest BCUT2D eigenvalue weighted by Gasteiger charge is -2.36. The molecule has 0 spiro atoms. The van der Waals surface area contributed by atoms with Crippen molar-refractivity contribution in [1.82, 2.24) is 0 Å². The monoisotopic (exact) mass is 361 g/mol. The molecule has 5 nitrogen and oxygen atoms in total. The van der Waals surface area contributed by atoms with E-state index in [4.69, 9.17) is 9.47 Å². The van der Waals surface area contributed by atoms with Gasteiger partial charge in [0, 0.05) is 12.1 Å². The Hall–Kier alpha value is -2.04. The maximum absolute atomic E-state index is 12.0. The number of rotatable bonds is 6. The van der Waals surface area contributed by atoms with Gasteiger partial charge in [0.15, 0.2) is 0 Å². The summed E-state index contributed by atoms with van der Waals surface area (Å²) in [5, 5.41) is 2.77. The molecule has 1 saturated carbocycles. The summed E-state index contributed by atoms with van der Waals surface area (Å²) in [6.07, 6.45) is 4.28. The Morgan fingerprint density at radius 1 is 1.04 bits per heavy atom. The number of hydrogen-bond acceptors (Lipinski definition) is 4. The molecule has 5 heteroatoms. The molecule has 0 saturated heterocycles. The van der Waals surface area contributed by atoms with E-state index in [0.29, 0.717) is 17.0 Å². The molecular weight excluding hydrogens is 330 g/mol. The predicted octanol–water partition coefficient (Wildman–Crippen LogP) is 4.56. The molecule has 1 aromatic rings. The van der Waals surface area contributed by atoms with Crippen LogP contribution in [0.1, 0.15) is 59.3 Å². The van der Waals surface area contributed by atoms with Gasteiger partial charge >= 0.3 is 5.97 Å². The van der Waals surface area contributed by atoms with Gasteiger partial charge in [0.05, 0.1) is 13.5 Å². The van der Waals surface area contributed by atoms with E-state index in [9.17, 15) is 9.59 Å². The fourth-order valence-corrected chi connectivity index (χ4v) is 3.40. The van der Waals surface area contributed by atoms with E-state index in [-0.39, 0.29) is 30.8 Å². The molecule has 1 N–H and O–H groups in total. The Morgan fingerprint density at radius 3 is 2.19 bits per heavy atom. The van der Waals surface area contributed by atoms with Gasteiger partial charge in [-0.3, -0.25) is 9.59 Å². The average molecular weight is 361 g/mol. The Morgan fingerprint density at radius 2 is 1.65 bits per heavy atom. The van der Waals surface area contributed by atoms with E-state index in [1.54, 1.807) is 31.4 Å². The van der Waals surface area contributed by atoms with Crippen LogP contribution in [0, 0.1) is 11.3 Å². The number of methoxy groups -OCH3 is 1. The standard InChI is InChI=1S/C21H31NO4/c1-21(2,3)15-5-9-18(10-6-15)26-20(24)14-13-19(23)22-16-7-11-17(25-4)12-8-16/h7-8,11-12,15,18H,5-6,9-10,13-14H2,1-4H3,(H,22,23). The summed E-state index contributed by atoms with van der Waals surface area (Å²) in [7, 11) is 1.59. The molecular formula is C21H31NO4. The van der Waals surface area contributed by atoms with Crippen molar-refractivity contribution in [1.29, 1.82) is 0 Å². The summed E-state index contributed by atoms with van der Waals surface area (Å²) in [4.78, 5) is 24.0. The van der Waals surface area contributed by atoms with Crippen molar-refractivity contribution >= 4 is 17.6 Å². The molecule has 0 atom stereocenters. The number of carbonyl (C=O) groups is 2. The fraction of sp³-hybridized carbons (Fsp3) is 0.619. The quantitative estimate of drug-likeness (QED) is 0.754. The van der Waals surface area contributed by atoms with Crippen LogP contribution in [-0.2, 0) is 14.3 Å². The smallest absolute Gasteiger partial charge is 0.306 e. The first-order valence-electron chi connectivity index (χ1n) is 9.41. The third-order valence-corrected chi connectivity index (χ3v) is 5.13. The van der Waals surface area contributed by atoms with Crippen molar-refractivity contribution in [3.63, 3.8) is 0 Å². The van der Waals surface area contributed by atoms with Gasteiger partial charge in [0.25, 0.3) is 0 Å². The highest BCUT2D eigenvalue weighted by Crippen LogP contribution is 2.38. The van der Waals surface area contributed by atoms with Crippen LogP contribution < -0.4 is 10.1 Å². The largest absolute Gasteiger partial charge is 0.497 e. The third-order valence-electron chi connectivity index (χ3n) is 5.13. The Balaban J connectivity index is 1.67. The van der Waals surface area contributed by atoms with Crippen molar-refractivity contribution < 1.29 is 19.1 Å². The first-order valence-corrected chi connectivity index (χ1v) is 9.41. The second-order valence-electron chi connectivity index (χ2n) is 8.11. The number of carbonyl (C=O) groups excluding carboxylic acids is 2. The van der Waals surface area contributed by atoms with Crippen LogP contribution in [-0.4, -0.2) is 25.1 Å². The van der Waals surface area contributed by atoms with Crippen LogP contribution in [0.3, 0.4) is 0 Å². The van der Waals surface area contributed by atoms with E-state index in [1.165, 1.54) is 0 Å². The molecule has 0 heterocycles. The topological polar surface area (TPSA) is 64.6 Å². The van der Waals surface area contributed by atoms with Crippen molar-refractivity contribution in [2.45, 2.75) is 65.4 Å². The number of anilines is 1. The molecule has 26 heavy (non-hydrogen) atoms. The molecule has 1 aliphatic rings. The Labute approximate surface area is 156 Å². The SMILES string of the molecule is COc1ccc(NC(=O)CCC(=O)OC2CCC(C(C)(C)C)CC2)cc1. The van der Waals surface area contributed by atoms with Gasteiger partial charge in [0.2, 0.25) is 5.91 Å². The van der Waals surface area contributed by atoms with Crippen LogP contribution in [0.5, 0.6) is 5.75 Å². The minimum Gasteiger partial charge on any atom is -0.497 e. The van der Waals surface area contributed by atoms with Crippen molar-refractivity contribution in [2.24, 2.45) is 11.3 Å². The van der Waals surface area contributed by atoms with Gasteiger partial charge in [-0.15, -0.1) is 0 Å². The summed E-state index contributed by atoms with van der Waals surface area (Å²) < 4.78 is 10.6. The van der Waals surface area contributed by atoms with Gasteiger partial charge in [-0.25, -0.2) is 0 Å². The molecule has 1 aliphatic carbocycles. The summed E-state index contributed by atoms with van der Waals surface area (Å²) >= 11 is 0. The molecule has 0 aromatic heterocycles. The Bertz CT molecular complexity index is 595. The summed E-state index contributed by atoms with van der Waals surface area (Å²) in [5.74, 6) is 0.943. The zero-order chi connectivity index (χ0) is 19.2. The molecule has 1 aromatic carbocycles. The van der Waals surface area contributed by atoms with E-state index in [0.717, 1.165) is 31.4 Å². The second kappa shape index (κ2) is 9.06. The highest BCUT2D eigenvalue weighted by atomic mass is 16.5. The maximum atomic E-state index is 12.0. The first-order chi connectivity index (χ1) is 12.3. The molecule has 0 aliphatic heterocycles. The van der Waals surface area contributed by atoms with E-state index in [1.807, 2.05) is 0 Å².